The van der Waals surface area contributed by atoms with E-state index in [1.54, 1.807) is 23.9 Å². The third-order valence-corrected chi connectivity index (χ3v) is 7.95. The Hall–Kier alpha value is -3.43. The van der Waals surface area contributed by atoms with Crippen LogP contribution in [0.3, 0.4) is 0 Å². The lowest BCUT2D eigenvalue weighted by Gasteiger charge is -2.12. The zero-order valence-electron chi connectivity index (χ0n) is 18.5. The van der Waals surface area contributed by atoms with Crippen LogP contribution in [0.2, 0.25) is 0 Å². The van der Waals surface area contributed by atoms with Crippen molar-refractivity contribution in [2.24, 2.45) is 4.99 Å². The molecule has 0 amide bonds. The second-order valence-corrected chi connectivity index (χ2v) is 10.2. The number of aromatic nitrogens is 1. The number of aliphatic imine (C=N–C) groups is 1. The maximum Gasteiger partial charge on any atom is 0.270 e. The van der Waals surface area contributed by atoms with Gasteiger partial charge >= 0.3 is 0 Å². The van der Waals surface area contributed by atoms with E-state index in [0.29, 0.717) is 11.3 Å². The highest BCUT2D eigenvalue weighted by atomic mass is 32.2. The van der Waals surface area contributed by atoms with Crippen LogP contribution in [0.25, 0.3) is 10.2 Å². The normalized spacial score (nSPS) is 18.8. The predicted molar refractivity (Wildman–Crippen MR) is 141 cm³/mol. The molecule has 1 unspecified atom stereocenters. The number of benzene rings is 3. The Kier molecular flexibility index (Phi) is 6.46. The lowest BCUT2D eigenvalue weighted by molar-refractivity contribution is -0.384. The summed E-state index contributed by atoms with van der Waals surface area (Å²) in [5, 5.41) is 19.9. The molecule has 0 radical (unpaired) electrons. The lowest BCUT2D eigenvalue weighted by Crippen LogP contribution is -2.24. The monoisotopic (exact) mass is 489 g/mol. The first-order valence-electron chi connectivity index (χ1n) is 11.0. The van der Waals surface area contributed by atoms with Crippen LogP contribution in [0, 0.1) is 10.1 Å². The molecule has 7 nitrogen and oxygen atoms in total. The number of rotatable bonds is 7. The van der Waals surface area contributed by atoms with Crippen LogP contribution >= 0.6 is 23.1 Å². The van der Waals surface area contributed by atoms with Crippen molar-refractivity contribution >= 4 is 55.0 Å². The van der Waals surface area contributed by atoms with E-state index in [-0.39, 0.29) is 10.6 Å². The fraction of sp³-hybridized carbons (Fsp3) is 0.200. The molecule has 4 aromatic rings. The van der Waals surface area contributed by atoms with Crippen molar-refractivity contribution in [1.29, 1.82) is 0 Å². The number of anilines is 1. The molecule has 0 aliphatic carbocycles. The molecule has 34 heavy (non-hydrogen) atoms. The highest BCUT2D eigenvalue weighted by molar-refractivity contribution is 8.14. The Morgan fingerprint density at radius 2 is 1.91 bits per heavy atom. The molecule has 2 N–H and O–H groups in total. The number of nitrogens with one attached hydrogen (secondary N) is 2. The van der Waals surface area contributed by atoms with E-state index in [2.05, 4.69) is 58.9 Å². The molecular weight excluding hydrogens is 466 g/mol. The minimum absolute atomic E-state index is 0.0858. The van der Waals surface area contributed by atoms with Gasteiger partial charge < -0.3 is 10.6 Å². The molecule has 1 fully saturated rings. The Morgan fingerprint density at radius 3 is 2.68 bits per heavy atom. The molecule has 1 aromatic heterocycles. The van der Waals surface area contributed by atoms with Gasteiger partial charge in [0.2, 0.25) is 0 Å². The summed E-state index contributed by atoms with van der Waals surface area (Å²) in [5.41, 5.74) is 4.30. The van der Waals surface area contributed by atoms with Crippen molar-refractivity contribution in [3.05, 3.63) is 94.0 Å². The van der Waals surface area contributed by atoms with Crippen LogP contribution in [-0.2, 0) is 6.42 Å². The van der Waals surface area contributed by atoms with Crippen molar-refractivity contribution in [1.82, 2.24) is 10.3 Å². The molecule has 1 aliphatic rings. The van der Waals surface area contributed by atoms with Gasteiger partial charge in [-0.15, -0.1) is 0 Å². The van der Waals surface area contributed by atoms with Gasteiger partial charge in [0.1, 0.15) is 0 Å². The molecule has 0 saturated carbocycles. The van der Waals surface area contributed by atoms with Gasteiger partial charge in [-0.25, -0.2) is 9.98 Å². The first kappa shape index (κ1) is 22.4. The number of thioether (sulfide) groups is 1. The quantitative estimate of drug-likeness (QED) is 0.233. The Bertz CT molecular complexity index is 1340. The van der Waals surface area contributed by atoms with E-state index in [4.69, 9.17) is 4.99 Å². The van der Waals surface area contributed by atoms with Crippen molar-refractivity contribution in [3.8, 4) is 0 Å². The number of nitro groups is 1. The average molecular weight is 490 g/mol. The summed E-state index contributed by atoms with van der Waals surface area (Å²) in [4.78, 5) is 19.9. The van der Waals surface area contributed by atoms with Crippen LogP contribution in [-0.4, -0.2) is 27.7 Å². The predicted octanol–water partition coefficient (Wildman–Crippen LogP) is 6.31. The maximum absolute atomic E-state index is 10.9. The first-order valence-corrected chi connectivity index (χ1v) is 12.7. The maximum atomic E-state index is 10.9. The molecular formula is C25H23N5O2S2. The number of hydrogen-bond acceptors (Lipinski definition) is 7. The SMILES string of the molecule is C[C@@H]1N/C(=N/c2ccc(CCNc3nc4ccc([N+](=O)[O-])cc4s3)cc2)SC1c1ccccc1. The summed E-state index contributed by atoms with van der Waals surface area (Å²) in [7, 11) is 0. The number of hydrogen-bond donors (Lipinski definition) is 2. The number of nitro benzene ring substituents is 1. The Balaban J connectivity index is 1.17. The third-order valence-electron chi connectivity index (χ3n) is 5.61. The highest BCUT2D eigenvalue weighted by Gasteiger charge is 2.29. The summed E-state index contributed by atoms with van der Waals surface area (Å²) in [5.74, 6) is 0. The van der Waals surface area contributed by atoms with Gasteiger partial charge in [0, 0.05) is 24.7 Å². The van der Waals surface area contributed by atoms with Crippen molar-refractivity contribution in [3.63, 3.8) is 0 Å². The smallest absolute Gasteiger partial charge is 0.270 e. The van der Waals surface area contributed by atoms with Crippen LogP contribution in [0.15, 0.2) is 77.8 Å². The van der Waals surface area contributed by atoms with Gasteiger partial charge in [-0.1, -0.05) is 65.6 Å². The minimum Gasteiger partial charge on any atom is -0.361 e. The highest BCUT2D eigenvalue weighted by Crippen LogP contribution is 2.38. The zero-order chi connectivity index (χ0) is 23.5. The summed E-state index contributed by atoms with van der Waals surface area (Å²) in [6.07, 6.45) is 0.840. The largest absolute Gasteiger partial charge is 0.361 e. The lowest BCUT2D eigenvalue weighted by atomic mass is 10.1. The van der Waals surface area contributed by atoms with Gasteiger partial charge in [0.25, 0.3) is 5.69 Å². The average Bonchev–Trinajstić information content (AvgIpc) is 3.42. The van der Waals surface area contributed by atoms with Crippen LogP contribution in [0.1, 0.15) is 23.3 Å². The standard InChI is InChI=1S/C25H23N5O2S2/c1-16-23(18-5-3-2-4-6-18)34-25(27-16)28-19-9-7-17(8-10-19)13-14-26-24-29-21-12-11-20(30(31)32)15-22(21)33-24/h2-12,15-16,23H,13-14H2,1H3,(H,26,29)(H,27,28)/t16-,23?/m0/s1. The molecule has 0 bridgehead atoms. The molecule has 0 spiro atoms. The molecule has 5 rings (SSSR count). The van der Waals surface area contributed by atoms with E-state index in [9.17, 15) is 10.1 Å². The Morgan fingerprint density at radius 1 is 1.12 bits per heavy atom. The van der Waals surface area contributed by atoms with E-state index >= 15 is 0 Å². The molecule has 172 valence electrons. The number of thiazole rings is 1. The van der Waals surface area contributed by atoms with E-state index in [1.165, 1.54) is 28.5 Å². The second-order valence-electron chi connectivity index (χ2n) is 8.07. The molecule has 2 heterocycles. The fourth-order valence-corrected chi connectivity index (χ4v) is 6.00. The molecule has 2 atom stereocenters. The molecule has 1 saturated heterocycles. The summed E-state index contributed by atoms with van der Waals surface area (Å²) in [6, 6.07) is 23.9. The first-order chi connectivity index (χ1) is 16.5. The van der Waals surface area contributed by atoms with Crippen molar-refractivity contribution in [2.45, 2.75) is 24.6 Å². The third kappa shape index (κ3) is 5.05. The van der Waals surface area contributed by atoms with Gasteiger partial charge in [0.15, 0.2) is 10.3 Å². The van der Waals surface area contributed by atoms with Crippen molar-refractivity contribution < 1.29 is 4.92 Å². The summed E-state index contributed by atoms with van der Waals surface area (Å²) >= 11 is 3.20. The fourth-order valence-electron chi connectivity index (χ4n) is 3.86. The molecule has 1 aliphatic heterocycles. The number of nitrogens with zero attached hydrogens (tertiary/aromatic N) is 3. The minimum atomic E-state index is -0.385. The Labute approximate surface area is 205 Å². The summed E-state index contributed by atoms with van der Waals surface area (Å²) in [6.45, 7) is 2.92. The zero-order valence-corrected chi connectivity index (χ0v) is 20.1. The van der Waals surface area contributed by atoms with Gasteiger partial charge in [-0.2, -0.15) is 0 Å². The van der Waals surface area contributed by atoms with Gasteiger partial charge in [-0.05, 0) is 42.7 Å². The van der Waals surface area contributed by atoms with Crippen molar-refractivity contribution in [2.75, 3.05) is 11.9 Å². The molecule has 9 heteroatoms. The van der Waals surface area contributed by atoms with E-state index in [0.717, 1.165) is 39.2 Å². The van der Waals surface area contributed by atoms with Crippen LogP contribution < -0.4 is 10.6 Å². The topological polar surface area (TPSA) is 92.5 Å². The van der Waals surface area contributed by atoms with Crippen LogP contribution in [0.4, 0.5) is 16.5 Å². The van der Waals surface area contributed by atoms with Crippen LogP contribution in [0.5, 0.6) is 0 Å². The van der Waals surface area contributed by atoms with Gasteiger partial charge in [0.05, 0.1) is 26.1 Å². The number of non-ortho nitro benzene ring substituents is 1. The second kappa shape index (κ2) is 9.82. The molecule has 3 aromatic carbocycles. The van der Waals surface area contributed by atoms with E-state index in [1.807, 2.05) is 18.2 Å². The number of fused-ring (bicyclic) bond motifs is 1. The van der Waals surface area contributed by atoms with Gasteiger partial charge in [-0.3, -0.25) is 10.1 Å². The number of amidine groups is 1. The summed E-state index contributed by atoms with van der Waals surface area (Å²) < 4.78 is 0.808. The van der Waals surface area contributed by atoms with E-state index < -0.39 is 0 Å².